The highest BCUT2D eigenvalue weighted by atomic mass is 35.5. The van der Waals surface area contributed by atoms with Crippen LogP contribution in [0.2, 0.25) is 5.02 Å². The maximum absolute atomic E-state index is 13.0. The molecular formula is C14H11ClF2N2O. The van der Waals surface area contributed by atoms with E-state index in [1.807, 2.05) is 0 Å². The molecule has 6 heteroatoms. The zero-order valence-electron chi connectivity index (χ0n) is 10.3. The first kappa shape index (κ1) is 14.3. The fourth-order valence-electron chi connectivity index (χ4n) is 1.68. The van der Waals surface area contributed by atoms with Crippen LogP contribution in [0.25, 0.3) is 0 Å². The molecule has 0 aliphatic heterocycles. The van der Waals surface area contributed by atoms with Gasteiger partial charge in [0.1, 0.15) is 0 Å². The lowest BCUT2D eigenvalue weighted by atomic mass is 10.1. The predicted octanol–water partition coefficient (Wildman–Crippen LogP) is 3.38. The summed E-state index contributed by atoms with van der Waals surface area (Å²) in [5.74, 6) is -2.32. The van der Waals surface area contributed by atoms with Crippen LogP contribution in [0.5, 0.6) is 0 Å². The molecule has 0 saturated heterocycles. The van der Waals surface area contributed by atoms with E-state index in [-0.39, 0.29) is 12.3 Å². The Morgan fingerprint density at radius 2 is 1.90 bits per heavy atom. The molecule has 0 aliphatic carbocycles. The Bertz CT molecular complexity index is 662. The van der Waals surface area contributed by atoms with Gasteiger partial charge in [0.25, 0.3) is 0 Å². The molecule has 2 rings (SSSR count). The van der Waals surface area contributed by atoms with E-state index in [1.54, 1.807) is 12.1 Å². The number of benzene rings is 2. The van der Waals surface area contributed by atoms with Crippen molar-refractivity contribution in [1.82, 2.24) is 0 Å². The Morgan fingerprint density at radius 1 is 1.15 bits per heavy atom. The van der Waals surface area contributed by atoms with Gasteiger partial charge in [-0.15, -0.1) is 0 Å². The van der Waals surface area contributed by atoms with Gasteiger partial charge in [-0.05, 0) is 35.9 Å². The molecule has 0 atom stereocenters. The zero-order chi connectivity index (χ0) is 14.7. The van der Waals surface area contributed by atoms with E-state index < -0.39 is 11.6 Å². The lowest BCUT2D eigenvalue weighted by Crippen LogP contribution is -2.15. The Labute approximate surface area is 119 Å². The molecule has 1 amide bonds. The highest BCUT2D eigenvalue weighted by Gasteiger charge is 2.09. The van der Waals surface area contributed by atoms with Crippen LogP contribution in [0, 0.1) is 11.6 Å². The molecule has 0 aromatic heterocycles. The molecule has 0 spiro atoms. The molecule has 0 heterocycles. The topological polar surface area (TPSA) is 55.1 Å². The predicted molar refractivity (Wildman–Crippen MR) is 74.6 cm³/mol. The summed E-state index contributed by atoms with van der Waals surface area (Å²) < 4.78 is 25.8. The summed E-state index contributed by atoms with van der Waals surface area (Å²) in [4.78, 5) is 11.8. The van der Waals surface area contributed by atoms with Gasteiger partial charge in [0.2, 0.25) is 5.91 Å². The number of halogens is 3. The summed E-state index contributed by atoms with van der Waals surface area (Å²) in [5.41, 5.74) is 6.82. The molecule has 20 heavy (non-hydrogen) atoms. The van der Waals surface area contributed by atoms with E-state index in [2.05, 4.69) is 5.32 Å². The SMILES string of the molecule is Nc1cc(Cl)ccc1NC(=O)Cc1ccc(F)c(F)c1. The fraction of sp³-hybridized carbons (Fsp3) is 0.0714. The minimum atomic E-state index is -0.985. The van der Waals surface area contributed by atoms with Crippen molar-refractivity contribution >= 4 is 28.9 Å². The highest BCUT2D eigenvalue weighted by Crippen LogP contribution is 2.22. The second-order valence-electron chi connectivity index (χ2n) is 4.20. The summed E-state index contributed by atoms with van der Waals surface area (Å²) in [5, 5.41) is 3.04. The van der Waals surface area contributed by atoms with E-state index in [0.717, 1.165) is 12.1 Å². The molecule has 0 saturated carbocycles. The van der Waals surface area contributed by atoms with Crippen LogP contribution >= 0.6 is 11.6 Å². The molecule has 0 radical (unpaired) electrons. The van der Waals surface area contributed by atoms with Gasteiger partial charge in [-0.25, -0.2) is 8.78 Å². The number of nitrogens with two attached hydrogens (primary N) is 1. The van der Waals surface area contributed by atoms with Gasteiger partial charge in [-0.1, -0.05) is 17.7 Å². The van der Waals surface area contributed by atoms with Gasteiger partial charge in [0.05, 0.1) is 17.8 Å². The van der Waals surface area contributed by atoms with E-state index in [0.29, 0.717) is 22.0 Å². The second kappa shape index (κ2) is 5.88. The third-order valence-corrected chi connectivity index (χ3v) is 2.87. The Hall–Kier alpha value is -2.14. The summed E-state index contributed by atoms with van der Waals surface area (Å²) >= 11 is 5.75. The molecule has 0 bridgehead atoms. The second-order valence-corrected chi connectivity index (χ2v) is 4.64. The maximum atomic E-state index is 13.0. The first-order chi connectivity index (χ1) is 9.45. The third-order valence-electron chi connectivity index (χ3n) is 2.64. The number of anilines is 2. The number of hydrogen-bond donors (Lipinski definition) is 2. The molecule has 0 unspecified atom stereocenters. The Morgan fingerprint density at radius 3 is 2.55 bits per heavy atom. The smallest absolute Gasteiger partial charge is 0.228 e. The lowest BCUT2D eigenvalue weighted by Gasteiger charge is -2.08. The Balaban J connectivity index is 2.07. The standard InChI is InChI=1S/C14H11ClF2N2O/c15-9-2-4-13(12(18)7-9)19-14(20)6-8-1-3-10(16)11(17)5-8/h1-5,7H,6,18H2,(H,19,20). The van der Waals surface area contributed by atoms with Crippen LogP contribution in [0.3, 0.4) is 0 Å². The van der Waals surface area contributed by atoms with Crippen molar-refractivity contribution in [2.45, 2.75) is 6.42 Å². The molecule has 2 aromatic rings. The molecule has 3 N–H and O–H groups in total. The van der Waals surface area contributed by atoms with Crippen LogP contribution < -0.4 is 11.1 Å². The van der Waals surface area contributed by atoms with Gasteiger partial charge >= 0.3 is 0 Å². The van der Waals surface area contributed by atoms with Gasteiger partial charge in [-0.2, -0.15) is 0 Å². The number of carbonyl (C=O) groups excluding carboxylic acids is 1. The molecule has 2 aromatic carbocycles. The van der Waals surface area contributed by atoms with Gasteiger partial charge in [0.15, 0.2) is 11.6 Å². The van der Waals surface area contributed by atoms with Crippen molar-refractivity contribution in [2.75, 3.05) is 11.1 Å². The number of nitrogens with one attached hydrogen (secondary N) is 1. The average Bonchev–Trinajstić information content (AvgIpc) is 2.37. The fourth-order valence-corrected chi connectivity index (χ4v) is 1.86. The third kappa shape index (κ3) is 3.45. The number of amides is 1. The summed E-state index contributed by atoms with van der Waals surface area (Å²) in [7, 11) is 0. The van der Waals surface area contributed by atoms with Crippen LogP contribution in [0.15, 0.2) is 36.4 Å². The number of carbonyl (C=O) groups is 1. The van der Waals surface area contributed by atoms with E-state index in [9.17, 15) is 13.6 Å². The normalized spacial score (nSPS) is 10.3. The van der Waals surface area contributed by atoms with Gasteiger partial charge < -0.3 is 11.1 Å². The first-order valence-electron chi connectivity index (χ1n) is 5.74. The zero-order valence-corrected chi connectivity index (χ0v) is 11.0. The van der Waals surface area contributed by atoms with Crippen LogP contribution in [-0.4, -0.2) is 5.91 Å². The van der Waals surface area contributed by atoms with Gasteiger partial charge in [0, 0.05) is 5.02 Å². The lowest BCUT2D eigenvalue weighted by molar-refractivity contribution is -0.115. The average molecular weight is 297 g/mol. The molecule has 3 nitrogen and oxygen atoms in total. The van der Waals surface area contributed by atoms with Crippen molar-refractivity contribution in [1.29, 1.82) is 0 Å². The molecular weight excluding hydrogens is 286 g/mol. The summed E-state index contributed by atoms with van der Waals surface area (Å²) in [6, 6.07) is 7.98. The summed E-state index contributed by atoms with van der Waals surface area (Å²) in [6.45, 7) is 0. The minimum absolute atomic E-state index is 0.0841. The van der Waals surface area contributed by atoms with Crippen molar-refractivity contribution in [3.8, 4) is 0 Å². The molecule has 104 valence electrons. The largest absolute Gasteiger partial charge is 0.397 e. The van der Waals surface area contributed by atoms with Crippen molar-refractivity contribution in [3.63, 3.8) is 0 Å². The minimum Gasteiger partial charge on any atom is -0.397 e. The van der Waals surface area contributed by atoms with Gasteiger partial charge in [-0.3, -0.25) is 4.79 Å². The first-order valence-corrected chi connectivity index (χ1v) is 6.12. The monoisotopic (exact) mass is 296 g/mol. The Kier molecular flexibility index (Phi) is 4.20. The van der Waals surface area contributed by atoms with Crippen LogP contribution in [0.1, 0.15) is 5.56 Å². The van der Waals surface area contributed by atoms with E-state index in [1.165, 1.54) is 12.1 Å². The van der Waals surface area contributed by atoms with Crippen molar-refractivity contribution in [3.05, 3.63) is 58.6 Å². The highest BCUT2D eigenvalue weighted by molar-refractivity contribution is 6.31. The number of hydrogen-bond acceptors (Lipinski definition) is 2. The molecule has 0 aliphatic rings. The van der Waals surface area contributed by atoms with Crippen LogP contribution in [0.4, 0.5) is 20.2 Å². The van der Waals surface area contributed by atoms with Crippen molar-refractivity contribution < 1.29 is 13.6 Å². The maximum Gasteiger partial charge on any atom is 0.228 e. The van der Waals surface area contributed by atoms with Crippen molar-refractivity contribution in [2.24, 2.45) is 0 Å². The van der Waals surface area contributed by atoms with E-state index >= 15 is 0 Å². The summed E-state index contributed by atoms with van der Waals surface area (Å²) in [6.07, 6.45) is -0.0841. The van der Waals surface area contributed by atoms with Crippen LogP contribution in [-0.2, 0) is 11.2 Å². The molecule has 0 fully saturated rings. The number of nitrogen functional groups attached to an aromatic ring is 1. The number of rotatable bonds is 3. The van der Waals surface area contributed by atoms with E-state index in [4.69, 9.17) is 17.3 Å². The quantitative estimate of drug-likeness (QED) is 0.853.